The van der Waals surface area contributed by atoms with E-state index in [4.69, 9.17) is 4.74 Å². The minimum atomic E-state index is -0.688. The third-order valence-corrected chi connectivity index (χ3v) is 4.03. The van der Waals surface area contributed by atoms with Gasteiger partial charge in [-0.3, -0.25) is 25.0 Å². The van der Waals surface area contributed by atoms with Crippen molar-refractivity contribution in [3.8, 4) is 0 Å². The fourth-order valence-corrected chi connectivity index (χ4v) is 2.56. The molecule has 1 rings (SSSR count). The van der Waals surface area contributed by atoms with E-state index >= 15 is 0 Å². The molecule has 1 aromatic carbocycles. The molecule has 0 bridgehead atoms. The van der Waals surface area contributed by atoms with Crippen LogP contribution in [-0.4, -0.2) is 27.2 Å². The smallest absolute Gasteiger partial charge is 0.302 e. The molecule has 21 heavy (non-hydrogen) atoms. The van der Waals surface area contributed by atoms with Crippen molar-refractivity contribution in [1.29, 1.82) is 0 Å². The van der Waals surface area contributed by atoms with Crippen molar-refractivity contribution in [2.24, 2.45) is 0 Å². The van der Waals surface area contributed by atoms with Gasteiger partial charge in [-0.25, -0.2) is 0 Å². The van der Waals surface area contributed by atoms with Crippen LogP contribution in [0.1, 0.15) is 20.8 Å². The Kier molecular flexibility index (Phi) is 5.65. The highest BCUT2D eigenvalue weighted by Gasteiger charge is 2.24. The largest absolute Gasteiger partial charge is 0.462 e. The van der Waals surface area contributed by atoms with Gasteiger partial charge in [0.2, 0.25) is 0 Å². The molecule has 0 aliphatic carbocycles. The number of carbonyl (C=O) groups is 1. The van der Waals surface area contributed by atoms with Gasteiger partial charge < -0.3 is 4.74 Å². The lowest BCUT2D eigenvalue weighted by molar-refractivity contribution is -0.396. The number of ether oxygens (including phenoxy) is 1. The van der Waals surface area contributed by atoms with E-state index in [2.05, 4.69) is 0 Å². The number of rotatable bonds is 6. The standard InChI is InChI=1S/C12H14N2O6S/c1-7(20-9(3)15)8(2)21-12-5-4-10(13(16)17)6-11(12)14(18)19/h4-8H,1-3H3. The first kappa shape index (κ1) is 16.9. The summed E-state index contributed by atoms with van der Waals surface area (Å²) in [5.41, 5.74) is -0.678. The summed E-state index contributed by atoms with van der Waals surface area (Å²) < 4.78 is 5.01. The van der Waals surface area contributed by atoms with Gasteiger partial charge in [0.15, 0.2) is 0 Å². The van der Waals surface area contributed by atoms with Crippen molar-refractivity contribution in [2.75, 3.05) is 0 Å². The van der Waals surface area contributed by atoms with Crippen molar-refractivity contribution in [2.45, 2.75) is 37.0 Å². The number of nitro benzene ring substituents is 2. The molecule has 0 amide bonds. The van der Waals surface area contributed by atoms with Crippen LogP contribution >= 0.6 is 11.8 Å². The maximum absolute atomic E-state index is 11.0. The van der Waals surface area contributed by atoms with Crippen molar-refractivity contribution >= 4 is 29.1 Å². The van der Waals surface area contributed by atoms with Gasteiger partial charge in [-0.05, 0) is 19.9 Å². The zero-order valence-electron chi connectivity index (χ0n) is 11.6. The third-order valence-electron chi connectivity index (χ3n) is 2.68. The minimum absolute atomic E-state index is 0.242. The Morgan fingerprint density at radius 3 is 2.33 bits per heavy atom. The topological polar surface area (TPSA) is 113 Å². The number of nitro groups is 2. The second-order valence-electron chi connectivity index (χ2n) is 4.30. The second-order valence-corrected chi connectivity index (χ2v) is 5.72. The molecular formula is C12H14N2O6S. The van der Waals surface area contributed by atoms with E-state index in [9.17, 15) is 25.0 Å². The van der Waals surface area contributed by atoms with Crippen LogP contribution in [0.2, 0.25) is 0 Å². The van der Waals surface area contributed by atoms with Crippen molar-refractivity contribution < 1.29 is 19.4 Å². The first-order valence-corrected chi connectivity index (χ1v) is 6.87. The molecular weight excluding hydrogens is 300 g/mol. The number of non-ortho nitro benzene ring substituents is 1. The van der Waals surface area contributed by atoms with Gasteiger partial charge in [-0.2, -0.15) is 0 Å². The van der Waals surface area contributed by atoms with Crippen LogP contribution < -0.4 is 0 Å². The minimum Gasteiger partial charge on any atom is -0.462 e. The number of esters is 1. The molecule has 0 aliphatic heterocycles. The Labute approximate surface area is 124 Å². The van der Waals surface area contributed by atoms with Gasteiger partial charge in [0.05, 0.1) is 20.8 Å². The van der Waals surface area contributed by atoms with E-state index in [0.717, 1.165) is 17.8 Å². The maximum atomic E-state index is 11.0. The van der Waals surface area contributed by atoms with E-state index < -0.39 is 21.9 Å². The summed E-state index contributed by atoms with van der Waals surface area (Å²) in [6.45, 7) is 4.71. The molecule has 0 spiro atoms. The highest BCUT2D eigenvalue weighted by molar-refractivity contribution is 8.00. The van der Waals surface area contributed by atoms with E-state index in [0.29, 0.717) is 0 Å². The number of benzene rings is 1. The molecule has 2 unspecified atom stereocenters. The van der Waals surface area contributed by atoms with Crippen LogP contribution in [0.15, 0.2) is 23.1 Å². The van der Waals surface area contributed by atoms with E-state index in [1.165, 1.54) is 19.1 Å². The lowest BCUT2D eigenvalue weighted by atomic mass is 10.3. The highest BCUT2D eigenvalue weighted by atomic mass is 32.2. The first-order chi connectivity index (χ1) is 9.72. The summed E-state index contributed by atoms with van der Waals surface area (Å²) >= 11 is 1.13. The third kappa shape index (κ3) is 4.71. The fraction of sp³-hybridized carbons (Fsp3) is 0.417. The quantitative estimate of drug-likeness (QED) is 0.343. The molecule has 2 atom stereocenters. The molecule has 0 saturated carbocycles. The Hall–Kier alpha value is -2.16. The first-order valence-electron chi connectivity index (χ1n) is 5.99. The predicted octanol–water partition coefficient (Wildman–Crippen LogP) is 2.94. The van der Waals surface area contributed by atoms with Crippen LogP contribution in [0.5, 0.6) is 0 Å². The molecule has 1 aromatic rings. The lowest BCUT2D eigenvalue weighted by Gasteiger charge is -2.19. The average molecular weight is 314 g/mol. The lowest BCUT2D eigenvalue weighted by Crippen LogP contribution is -2.22. The molecule has 0 aliphatic rings. The predicted molar refractivity (Wildman–Crippen MR) is 76.3 cm³/mol. The number of hydrogen-bond acceptors (Lipinski definition) is 7. The summed E-state index contributed by atoms with van der Waals surface area (Å²) in [5, 5.41) is 21.4. The summed E-state index contributed by atoms with van der Waals surface area (Å²) in [4.78, 5) is 31.5. The SMILES string of the molecule is CC(=O)OC(C)C(C)Sc1ccc([N+](=O)[O-])cc1[N+](=O)[O-]. The summed E-state index contributed by atoms with van der Waals surface area (Å²) in [6, 6.07) is 3.46. The molecule has 114 valence electrons. The fourth-order valence-electron chi connectivity index (χ4n) is 1.52. The molecule has 0 N–H and O–H groups in total. The van der Waals surface area contributed by atoms with E-state index in [-0.39, 0.29) is 21.5 Å². The molecule has 0 saturated heterocycles. The number of carbonyl (C=O) groups excluding carboxylic acids is 1. The normalized spacial score (nSPS) is 13.3. The monoisotopic (exact) mass is 314 g/mol. The van der Waals surface area contributed by atoms with E-state index in [1.807, 2.05) is 0 Å². The van der Waals surface area contributed by atoms with Crippen molar-refractivity contribution in [1.82, 2.24) is 0 Å². The van der Waals surface area contributed by atoms with Gasteiger partial charge in [-0.15, -0.1) is 11.8 Å². The van der Waals surface area contributed by atoms with Crippen molar-refractivity contribution in [3.63, 3.8) is 0 Å². The van der Waals surface area contributed by atoms with Crippen LogP contribution in [-0.2, 0) is 9.53 Å². The molecule has 9 heteroatoms. The summed E-state index contributed by atoms with van der Waals surface area (Å²) in [6.07, 6.45) is -0.442. The van der Waals surface area contributed by atoms with Crippen LogP contribution in [0.3, 0.4) is 0 Å². The average Bonchev–Trinajstić information content (AvgIpc) is 2.37. The van der Waals surface area contributed by atoms with Crippen LogP contribution in [0.25, 0.3) is 0 Å². The Morgan fingerprint density at radius 2 is 1.86 bits per heavy atom. The molecule has 0 radical (unpaired) electrons. The number of thioether (sulfide) groups is 1. The van der Waals surface area contributed by atoms with Gasteiger partial charge in [-0.1, -0.05) is 0 Å². The highest BCUT2D eigenvalue weighted by Crippen LogP contribution is 2.36. The zero-order valence-corrected chi connectivity index (χ0v) is 12.5. The molecule has 0 aromatic heterocycles. The number of nitrogens with zero attached hydrogens (tertiary/aromatic N) is 2. The molecule has 0 heterocycles. The van der Waals surface area contributed by atoms with E-state index in [1.54, 1.807) is 13.8 Å². The summed E-state index contributed by atoms with van der Waals surface area (Å²) in [7, 11) is 0. The Bertz CT molecular complexity index is 577. The maximum Gasteiger partial charge on any atom is 0.302 e. The Morgan fingerprint density at radius 1 is 1.24 bits per heavy atom. The summed E-state index contributed by atoms with van der Waals surface area (Å²) in [5.74, 6) is -0.437. The molecule has 8 nitrogen and oxygen atoms in total. The van der Waals surface area contributed by atoms with Gasteiger partial charge in [0.1, 0.15) is 6.10 Å². The van der Waals surface area contributed by atoms with Crippen molar-refractivity contribution in [3.05, 3.63) is 38.4 Å². The zero-order chi connectivity index (χ0) is 16.2. The second kappa shape index (κ2) is 7.02. The van der Waals surface area contributed by atoms with Crippen LogP contribution in [0.4, 0.5) is 11.4 Å². The number of hydrogen-bond donors (Lipinski definition) is 0. The van der Waals surface area contributed by atoms with Gasteiger partial charge in [0.25, 0.3) is 11.4 Å². The van der Waals surface area contributed by atoms with Gasteiger partial charge in [0, 0.05) is 18.2 Å². The Balaban J connectivity index is 2.99. The van der Waals surface area contributed by atoms with Gasteiger partial charge >= 0.3 is 5.97 Å². The molecule has 0 fully saturated rings. The van der Waals surface area contributed by atoms with Crippen LogP contribution in [0, 0.1) is 20.2 Å².